The number of nitrogens with two attached hydrogens (primary N) is 4. The summed E-state index contributed by atoms with van der Waals surface area (Å²) >= 11 is 0. The fourth-order valence-corrected chi connectivity index (χ4v) is 0. The normalized spacial score (nSPS) is 0. The van der Waals surface area contributed by atoms with E-state index in [0.717, 1.165) is 0 Å². The molecular weight excluding hydrogens is 106 g/mol. The molecule has 0 heterocycles. The molecule has 0 aromatic carbocycles. The second kappa shape index (κ2) is 97.6. The van der Waals surface area contributed by atoms with Crippen molar-refractivity contribution in [1.82, 2.24) is 0 Å². The minimum Gasteiger partial charge on any atom is -0.693 e. The molecule has 0 atom stereocenters. The fourth-order valence-electron chi connectivity index (χ4n) is 0. The second-order valence-electron chi connectivity index (χ2n) is 0. The Morgan fingerprint density at radius 1 is 0.500 bits per heavy atom. The first kappa shape index (κ1) is 159. The van der Waals surface area contributed by atoms with Crippen LogP contribution in [0.25, 0.3) is 24.6 Å². The minimum atomic E-state index is 0. The zero-order chi connectivity index (χ0) is 0. The first-order valence-electron chi connectivity index (χ1n) is 0. The summed E-state index contributed by atoms with van der Waals surface area (Å²) in [6, 6.07) is 0. The van der Waals surface area contributed by atoms with Gasteiger partial charge in [-0.25, -0.2) is 0 Å². The third kappa shape index (κ3) is 54.5. The quantitative estimate of drug-likeness (QED) is 0.375. The Balaban J connectivity index is 0. The van der Waals surface area contributed by atoms with Crippen LogP contribution in [0.3, 0.4) is 0 Å². The van der Waals surface area contributed by atoms with Crippen molar-refractivity contribution in [2.75, 3.05) is 0 Å². The molecule has 0 aliphatic rings. The van der Waals surface area contributed by atoms with Crippen molar-refractivity contribution in [3.63, 3.8) is 0 Å². The van der Waals surface area contributed by atoms with Crippen LogP contribution in [-0.4, -0.2) is 17.4 Å². The summed E-state index contributed by atoms with van der Waals surface area (Å²) in [6.45, 7) is 0. The minimum absolute atomic E-state index is 0. The van der Waals surface area contributed by atoms with Crippen LogP contribution in [0.5, 0.6) is 0 Å². The molecule has 6 heavy (non-hydrogen) atoms. The Morgan fingerprint density at radius 3 is 0.500 bits per heavy atom. The third-order valence-electron chi connectivity index (χ3n) is 0. The van der Waals surface area contributed by atoms with Gasteiger partial charge in [0.25, 0.3) is 0 Å². The van der Waals surface area contributed by atoms with E-state index in [0.29, 0.717) is 0 Å². The molecule has 0 bridgehead atoms. The standard InChI is InChI=1S/Al.4H2N.Na/h;4*1H2;/q+3;4*-1;+1. The van der Waals surface area contributed by atoms with Gasteiger partial charge in [-0.2, -0.15) is 0 Å². The smallest absolute Gasteiger partial charge is 0.693 e. The van der Waals surface area contributed by atoms with Crippen molar-refractivity contribution in [2.24, 2.45) is 0 Å². The van der Waals surface area contributed by atoms with Gasteiger partial charge >= 0.3 is 46.9 Å². The van der Waals surface area contributed by atoms with E-state index in [1.165, 1.54) is 0 Å². The molecule has 0 saturated carbocycles. The Hall–Kier alpha value is 1.37. The molecular formula is H8AlN4Na. The molecule has 0 unspecified atom stereocenters. The maximum Gasteiger partial charge on any atom is 3.00 e. The summed E-state index contributed by atoms with van der Waals surface area (Å²) < 4.78 is 0. The fraction of sp³-hybridized carbons (Fsp3) is 0. The van der Waals surface area contributed by atoms with Crippen molar-refractivity contribution in [3.8, 4) is 0 Å². The summed E-state index contributed by atoms with van der Waals surface area (Å²) in [5.74, 6) is 0. The Labute approximate surface area is 71.2 Å². The predicted molar refractivity (Wildman–Crippen MR) is 26.9 cm³/mol. The van der Waals surface area contributed by atoms with Crippen LogP contribution in [0.4, 0.5) is 0 Å². The van der Waals surface area contributed by atoms with Crippen LogP contribution in [-0.2, 0) is 0 Å². The van der Waals surface area contributed by atoms with E-state index in [-0.39, 0.29) is 71.5 Å². The van der Waals surface area contributed by atoms with Gasteiger partial charge in [0.15, 0.2) is 0 Å². The van der Waals surface area contributed by atoms with Crippen LogP contribution in [0.2, 0.25) is 0 Å². The molecule has 0 radical (unpaired) electrons. The van der Waals surface area contributed by atoms with Gasteiger partial charge in [0, 0.05) is 0 Å². The molecule has 0 rings (SSSR count). The number of hydrogen-bond acceptors (Lipinski definition) is 0. The molecule has 6 heteroatoms. The molecule has 4 nitrogen and oxygen atoms in total. The van der Waals surface area contributed by atoms with Gasteiger partial charge in [-0.1, -0.05) is 0 Å². The maximum absolute atomic E-state index is 0. The Kier molecular flexibility index (Phi) is 2590. The summed E-state index contributed by atoms with van der Waals surface area (Å²) in [5, 5.41) is 0. The molecule has 0 aliphatic heterocycles. The molecule has 32 valence electrons. The first-order valence-corrected chi connectivity index (χ1v) is 0. The van der Waals surface area contributed by atoms with Crippen LogP contribution < -0.4 is 29.6 Å². The van der Waals surface area contributed by atoms with Gasteiger partial charge in [-0.15, -0.1) is 0 Å². The predicted octanol–water partition coefficient (Wildman–Crippen LogP) is -0.508. The van der Waals surface area contributed by atoms with Crippen LogP contribution >= 0.6 is 0 Å². The molecule has 0 spiro atoms. The Morgan fingerprint density at radius 2 is 0.500 bits per heavy atom. The molecule has 0 aromatic heterocycles. The van der Waals surface area contributed by atoms with E-state index in [9.17, 15) is 0 Å². The summed E-state index contributed by atoms with van der Waals surface area (Å²) in [6.07, 6.45) is 0. The van der Waals surface area contributed by atoms with Crippen molar-refractivity contribution in [3.05, 3.63) is 24.6 Å². The average molecular weight is 114 g/mol. The molecule has 0 fully saturated rings. The second-order valence-corrected chi connectivity index (χ2v) is 0. The largest absolute Gasteiger partial charge is 3.00 e. The SMILES string of the molecule is [Al+3].[NH2-].[NH2-].[NH2-].[NH2-].[Na+]. The number of hydrogen-bond donors (Lipinski definition) is 0. The van der Waals surface area contributed by atoms with Gasteiger partial charge in [-0.05, 0) is 0 Å². The summed E-state index contributed by atoms with van der Waals surface area (Å²) in [4.78, 5) is 0. The van der Waals surface area contributed by atoms with E-state index >= 15 is 0 Å². The maximum atomic E-state index is 0. The Bertz CT molecular complexity index is 7.51. The zero-order valence-corrected chi connectivity index (χ0v) is 7.04. The van der Waals surface area contributed by atoms with Crippen LogP contribution in [0.15, 0.2) is 0 Å². The van der Waals surface area contributed by atoms with Crippen LogP contribution in [0.1, 0.15) is 0 Å². The third-order valence-corrected chi connectivity index (χ3v) is 0. The van der Waals surface area contributed by atoms with Crippen molar-refractivity contribution in [1.29, 1.82) is 0 Å². The summed E-state index contributed by atoms with van der Waals surface area (Å²) in [7, 11) is 0. The molecule has 0 aromatic rings. The number of rotatable bonds is 0. The van der Waals surface area contributed by atoms with Crippen LogP contribution in [0, 0.1) is 0 Å². The molecule has 8 N–H and O–H groups in total. The average Bonchev–Trinajstić information content (AvgIpc) is 0. The van der Waals surface area contributed by atoms with Crippen molar-refractivity contribution < 1.29 is 29.6 Å². The van der Waals surface area contributed by atoms with E-state index in [1.807, 2.05) is 0 Å². The van der Waals surface area contributed by atoms with Gasteiger partial charge in [0.2, 0.25) is 0 Å². The van der Waals surface area contributed by atoms with E-state index in [2.05, 4.69) is 0 Å². The monoisotopic (exact) mass is 114 g/mol. The first-order chi connectivity index (χ1) is 0. The molecule has 0 amide bonds. The summed E-state index contributed by atoms with van der Waals surface area (Å²) in [5.41, 5.74) is 0. The molecule has 0 saturated heterocycles. The van der Waals surface area contributed by atoms with Gasteiger partial charge in [-0.3, -0.25) is 0 Å². The topological polar surface area (TPSA) is 134 Å². The van der Waals surface area contributed by atoms with Gasteiger partial charge in [0.1, 0.15) is 0 Å². The van der Waals surface area contributed by atoms with Crippen molar-refractivity contribution in [2.45, 2.75) is 0 Å². The van der Waals surface area contributed by atoms with Gasteiger partial charge < -0.3 is 24.6 Å². The van der Waals surface area contributed by atoms with Crippen molar-refractivity contribution >= 4 is 17.4 Å². The molecule has 0 aliphatic carbocycles. The van der Waals surface area contributed by atoms with E-state index in [4.69, 9.17) is 0 Å². The van der Waals surface area contributed by atoms with E-state index in [1.54, 1.807) is 0 Å². The van der Waals surface area contributed by atoms with E-state index < -0.39 is 0 Å². The van der Waals surface area contributed by atoms with Gasteiger partial charge in [0.05, 0.1) is 0 Å². The zero-order valence-electron chi connectivity index (χ0n) is 3.89.